The zero-order valence-corrected chi connectivity index (χ0v) is 19.6. The minimum absolute atomic E-state index is 0.247. The predicted molar refractivity (Wildman–Crippen MR) is 125 cm³/mol. The lowest BCUT2D eigenvalue weighted by molar-refractivity contribution is 0.179. The van der Waals surface area contributed by atoms with Crippen LogP contribution in [0.25, 0.3) is 0 Å². The van der Waals surface area contributed by atoms with E-state index in [2.05, 4.69) is 41.7 Å². The van der Waals surface area contributed by atoms with Crippen LogP contribution in [0.15, 0.2) is 47.4 Å². The first-order valence-corrected chi connectivity index (χ1v) is 12.9. The van der Waals surface area contributed by atoms with Crippen LogP contribution in [0, 0.1) is 0 Å². The van der Waals surface area contributed by atoms with E-state index in [1.807, 2.05) is 0 Å². The zero-order valence-electron chi connectivity index (χ0n) is 18.0. The quantitative estimate of drug-likeness (QED) is 0.565. The molecule has 2 aromatic rings. The number of aryl methyl sites for hydroxylation is 1. The summed E-state index contributed by atoms with van der Waals surface area (Å²) in [5.74, 6) is 0. The van der Waals surface area contributed by atoms with E-state index < -0.39 is 10.0 Å². The molecule has 0 bridgehead atoms. The maximum Gasteiger partial charge on any atom is 0.240 e. The highest BCUT2D eigenvalue weighted by molar-refractivity contribution is 7.89. The molecule has 1 N–H and O–H groups in total. The highest BCUT2D eigenvalue weighted by Crippen LogP contribution is 2.28. The van der Waals surface area contributed by atoms with Crippen LogP contribution < -0.4 is 4.72 Å². The largest absolute Gasteiger partial charge is 0.300 e. The van der Waals surface area contributed by atoms with Crippen molar-refractivity contribution in [2.24, 2.45) is 0 Å². The van der Waals surface area contributed by atoms with Crippen LogP contribution in [0.5, 0.6) is 0 Å². The molecular weight excluding hydrogens is 416 g/mol. The third-order valence-electron chi connectivity index (χ3n) is 5.91. The molecule has 0 fully saturated rings. The first-order chi connectivity index (χ1) is 14.4. The molecule has 2 aromatic carbocycles. The number of rotatable bonds is 10. The lowest BCUT2D eigenvalue weighted by Gasteiger charge is -2.36. The summed E-state index contributed by atoms with van der Waals surface area (Å²) in [7, 11) is -3.52. The van der Waals surface area contributed by atoms with E-state index in [-0.39, 0.29) is 4.90 Å². The number of halogens is 1. The van der Waals surface area contributed by atoms with Crippen LogP contribution in [-0.2, 0) is 29.3 Å². The van der Waals surface area contributed by atoms with Gasteiger partial charge in [-0.3, -0.25) is 0 Å². The Bertz CT molecular complexity index is 923. The number of nitrogens with one attached hydrogen (secondary N) is 1. The summed E-state index contributed by atoms with van der Waals surface area (Å²) < 4.78 is 27.8. The number of fused-ring (bicyclic) bond motifs is 1. The van der Waals surface area contributed by atoms with Gasteiger partial charge in [0.1, 0.15) is 0 Å². The SMILES string of the molecule is CCCN(CCC)C1CCc2cccc(CCNS(=O)(=O)c3ccc(Cl)cc3)c2C1. The van der Waals surface area contributed by atoms with Gasteiger partial charge in [0.15, 0.2) is 0 Å². The van der Waals surface area contributed by atoms with Crippen molar-refractivity contribution in [3.8, 4) is 0 Å². The molecule has 0 aromatic heterocycles. The Kier molecular flexibility index (Phi) is 8.35. The number of hydrogen-bond acceptors (Lipinski definition) is 3. The van der Waals surface area contributed by atoms with Gasteiger partial charge < -0.3 is 4.90 Å². The highest BCUT2D eigenvalue weighted by Gasteiger charge is 2.25. The summed E-state index contributed by atoms with van der Waals surface area (Å²) in [6, 6.07) is 13.4. The smallest absolute Gasteiger partial charge is 0.240 e. The van der Waals surface area contributed by atoms with Crippen molar-refractivity contribution in [3.63, 3.8) is 0 Å². The molecule has 164 valence electrons. The van der Waals surface area contributed by atoms with Crippen LogP contribution in [0.1, 0.15) is 49.8 Å². The van der Waals surface area contributed by atoms with Crippen molar-refractivity contribution >= 4 is 21.6 Å². The second-order valence-corrected chi connectivity index (χ2v) is 10.3. The lowest BCUT2D eigenvalue weighted by atomic mass is 9.84. The first kappa shape index (κ1) is 23.3. The van der Waals surface area contributed by atoms with Gasteiger partial charge in [-0.2, -0.15) is 0 Å². The molecule has 0 heterocycles. The standard InChI is InChI=1S/C24H33ClN2O2S/c1-3-16-27(17-4-2)22-11-8-19-6-5-7-20(24(19)18-22)14-15-26-30(28,29)23-12-9-21(25)10-13-23/h5-7,9-10,12-13,22,26H,3-4,8,11,14-18H2,1-2H3. The third kappa shape index (κ3) is 5.85. The van der Waals surface area contributed by atoms with Gasteiger partial charge in [0, 0.05) is 17.6 Å². The monoisotopic (exact) mass is 448 g/mol. The Balaban J connectivity index is 1.68. The van der Waals surface area contributed by atoms with Crippen molar-refractivity contribution in [1.82, 2.24) is 9.62 Å². The molecule has 4 nitrogen and oxygen atoms in total. The third-order valence-corrected chi connectivity index (χ3v) is 7.63. The molecule has 0 saturated heterocycles. The van der Waals surface area contributed by atoms with Gasteiger partial charge in [-0.1, -0.05) is 43.6 Å². The Morgan fingerprint density at radius 1 is 1.07 bits per heavy atom. The summed E-state index contributed by atoms with van der Waals surface area (Å²) in [6.07, 6.45) is 6.43. The Morgan fingerprint density at radius 2 is 1.77 bits per heavy atom. The maximum atomic E-state index is 12.5. The fourth-order valence-corrected chi connectivity index (χ4v) is 5.62. The molecular formula is C24H33ClN2O2S. The molecule has 6 heteroatoms. The molecule has 1 aliphatic rings. The fourth-order valence-electron chi connectivity index (χ4n) is 4.46. The van der Waals surface area contributed by atoms with Crippen LogP contribution in [0.4, 0.5) is 0 Å². The van der Waals surface area contributed by atoms with E-state index in [9.17, 15) is 8.42 Å². The van der Waals surface area contributed by atoms with E-state index in [0.717, 1.165) is 25.9 Å². The van der Waals surface area contributed by atoms with E-state index in [1.54, 1.807) is 12.1 Å². The van der Waals surface area contributed by atoms with E-state index in [1.165, 1.54) is 48.1 Å². The summed E-state index contributed by atoms with van der Waals surface area (Å²) in [5, 5.41) is 0.527. The normalized spacial score (nSPS) is 16.6. The van der Waals surface area contributed by atoms with E-state index in [0.29, 0.717) is 24.0 Å². The van der Waals surface area contributed by atoms with Gasteiger partial charge in [-0.05, 0) is 92.6 Å². The molecule has 0 aliphatic heterocycles. The molecule has 3 rings (SSSR count). The molecule has 30 heavy (non-hydrogen) atoms. The molecule has 0 spiro atoms. The molecule has 1 atom stereocenters. The Labute approximate surface area is 186 Å². The van der Waals surface area contributed by atoms with Crippen LogP contribution in [0.2, 0.25) is 5.02 Å². The van der Waals surface area contributed by atoms with Crippen LogP contribution in [0.3, 0.4) is 0 Å². The van der Waals surface area contributed by atoms with Gasteiger partial charge in [0.05, 0.1) is 4.90 Å². The van der Waals surface area contributed by atoms with Gasteiger partial charge in [-0.25, -0.2) is 13.1 Å². The average molecular weight is 449 g/mol. The molecule has 0 amide bonds. The van der Waals surface area contributed by atoms with Crippen molar-refractivity contribution < 1.29 is 8.42 Å². The minimum atomic E-state index is -3.52. The number of hydrogen-bond donors (Lipinski definition) is 1. The number of benzene rings is 2. The molecule has 0 radical (unpaired) electrons. The van der Waals surface area contributed by atoms with Gasteiger partial charge >= 0.3 is 0 Å². The van der Waals surface area contributed by atoms with Crippen LogP contribution in [-0.4, -0.2) is 39.0 Å². The zero-order chi connectivity index (χ0) is 21.6. The predicted octanol–water partition coefficient (Wildman–Crippen LogP) is 4.84. The van der Waals surface area contributed by atoms with Gasteiger partial charge in [0.2, 0.25) is 10.0 Å². The summed E-state index contributed by atoms with van der Waals surface area (Å²) in [4.78, 5) is 2.89. The van der Waals surface area contributed by atoms with Crippen molar-refractivity contribution in [1.29, 1.82) is 0 Å². The minimum Gasteiger partial charge on any atom is -0.300 e. The maximum absolute atomic E-state index is 12.5. The molecule has 1 unspecified atom stereocenters. The fraction of sp³-hybridized carbons (Fsp3) is 0.500. The summed E-state index contributed by atoms with van der Waals surface area (Å²) in [6.45, 7) is 7.18. The highest BCUT2D eigenvalue weighted by atomic mass is 35.5. The van der Waals surface area contributed by atoms with Crippen molar-refractivity contribution in [3.05, 3.63) is 64.2 Å². The van der Waals surface area contributed by atoms with Crippen molar-refractivity contribution in [2.75, 3.05) is 19.6 Å². The van der Waals surface area contributed by atoms with Gasteiger partial charge in [-0.15, -0.1) is 0 Å². The lowest BCUT2D eigenvalue weighted by Crippen LogP contribution is -2.40. The van der Waals surface area contributed by atoms with Crippen molar-refractivity contribution in [2.45, 2.75) is 63.3 Å². The number of nitrogens with zero attached hydrogens (tertiary/aromatic N) is 1. The Morgan fingerprint density at radius 3 is 2.43 bits per heavy atom. The van der Waals surface area contributed by atoms with E-state index in [4.69, 9.17) is 11.6 Å². The topological polar surface area (TPSA) is 49.4 Å². The second kappa shape index (κ2) is 10.8. The molecule has 1 aliphatic carbocycles. The molecule has 0 saturated carbocycles. The van der Waals surface area contributed by atoms with Gasteiger partial charge in [0.25, 0.3) is 0 Å². The summed E-state index contributed by atoms with van der Waals surface area (Å²) >= 11 is 5.87. The van der Waals surface area contributed by atoms with E-state index >= 15 is 0 Å². The number of sulfonamides is 1. The first-order valence-electron chi connectivity index (χ1n) is 11.0. The van der Waals surface area contributed by atoms with Crippen LogP contribution >= 0.6 is 11.6 Å². The average Bonchev–Trinajstić information content (AvgIpc) is 2.73. The summed E-state index contributed by atoms with van der Waals surface area (Å²) in [5.41, 5.74) is 4.12. The second-order valence-electron chi connectivity index (χ2n) is 8.09. The Hall–Kier alpha value is -1.40.